The van der Waals surface area contributed by atoms with Gasteiger partial charge in [-0.1, -0.05) is 60.1 Å². The van der Waals surface area contributed by atoms with Crippen LogP contribution in [0.1, 0.15) is 21.5 Å². The van der Waals surface area contributed by atoms with Crippen molar-refractivity contribution >= 4 is 40.5 Å². The molecular weight excluding hydrogens is 402 g/mol. The Morgan fingerprint density at radius 2 is 1.62 bits per heavy atom. The van der Waals surface area contributed by atoms with Crippen LogP contribution in [0, 0.1) is 0 Å². The van der Waals surface area contributed by atoms with Gasteiger partial charge < -0.3 is 15.1 Å². The molecule has 0 saturated carbocycles. The van der Waals surface area contributed by atoms with E-state index in [1.807, 2.05) is 83.8 Å². The lowest BCUT2D eigenvalue weighted by molar-refractivity contribution is 0.0604. The van der Waals surface area contributed by atoms with Gasteiger partial charge in [0.2, 0.25) is 0 Å². The Morgan fingerprint density at radius 3 is 2.38 bits per heavy atom. The Morgan fingerprint density at radius 1 is 0.931 bits per heavy atom. The number of nitrogens with one attached hydrogen (secondary N) is 1. The van der Waals surface area contributed by atoms with Crippen molar-refractivity contribution < 1.29 is 4.79 Å². The molecular formula is C23H18ClN3OS. The summed E-state index contributed by atoms with van der Waals surface area (Å²) in [4.78, 5) is 17.3. The second-order valence-corrected chi connectivity index (χ2v) is 7.95. The summed E-state index contributed by atoms with van der Waals surface area (Å²) in [5.74, 6) is 0.0283. The maximum absolute atomic E-state index is 13.3. The van der Waals surface area contributed by atoms with E-state index in [0.29, 0.717) is 23.2 Å². The van der Waals surface area contributed by atoms with E-state index in [4.69, 9.17) is 23.8 Å². The third kappa shape index (κ3) is 2.65. The van der Waals surface area contributed by atoms with E-state index in [1.54, 1.807) is 0 Å². The average Bonchev–Trinajstić information content (AvgIpc) is 3.25. The van der Waals surface area contributed by atoms with Crippen LogP contribution in [0.3, 0.4) is 0 Å². The average molecular weight is 420 g/mol. The molecule has 0 aromatic heterocycles. The summed E-state index contributed by atoms with van der Waals surface area (Å²) in [6.45, 7) is 1.23. The lowest BCUT2D eigenvalue weighted by Gasteiger charge is -2.41. The van der Waals surface area contributed by atoms with E-state index in [9.17, 15) is 4.79 Å². The molecule has 144 valence electrons. The Hall–Kier alpha value is -2.89. The molecule has 2 aliphatic heterocycles. The molecule has 3 aromatic rings. The van der Waals surface area contributed by atoms with Gasteiger partial charge in [0.15, 0.2) is 10.8 Å². The number of halogens is 1. The second-order valence-electron chi connectivity index (χ2n) is 7.13. The van der Waals surface area contributed by atoms with Crippen molar-refractivity contribution in [2.75, 3.05) is 18.4 Å². The predicted octanol–water partition coefficient (Wildman–Crippen LogP) is 4.71. The van der Waals surface area contributed by atoms with E-state index in [2.05, 4.69) is 10.2 Å². The zero-order valence-corrected chi connectivity index (χ0v) is 17.1. The molecule has 1 saturated heterocycles. The second kappa shape index (κ2) is 6.87. The molecule has 4 nitrogen and oxygen atoms in total. The number of carbonyl (C=O) groups excluding carboxylic acids is 1. The van der Waals surface area contributed by atoms with Crippen molar-refractivity contribution in [1.29, 1.82) is 0 Å². The van der Waals surface area contributed by atoms with Gasteiger partial charge in [-0.05, 0) is 42.5 Å². The van der Waals surface area contributed by atoms with Crippen molar-refractivity contribution in [2.24, 2.45) is 0 Å². The number of rotatable bonds is 2. The third-order valence-corrected chi connectivity index (χ3v) is 6.20. The molecule has 3 aromatic carbocycles. The number of carbonyl (C=O) groups is 1. The van der Waals surface area contributed by atoms with Crippen molar-refractivity contribution in [3.63, 3.8) is 0 Å². The highest BCUT2D eigenvalue weighted by Crippen LogP contribution is 2.49. The Labute approximate surface area is 179 Å². The van der Waals surface area contributed by atoms with Crippen LogP contribution in [0.2, 0.25) is 5.02 Å². The standard InChI is InChI=1S/C23H18ClN3OS/c24-17-12-10-16(11-13-17)23-20-9-5-4-8-19(20)21(28)26(23)14-15-27(23)22(29)25-18-6-2-1-3-7-18/h1-13H,14-15H2,(H,25,29)/t23-/m0/s1. The molecule has 1 atom stereocenters. The van der Waals surface area contributed by atoms with Gasteiger partial charge in [-0.15, -0.1) is 0 Å². The number of para-hydroxylation sites is 1. The van der Waals surface area contributed by atoms with Crippen molar-refractivity contribution in [1.82, 2.24) is 9.80 Å². The van der Waals surface area contributed by atoms with Crippen LogP contribution in [0.15, 0.2) is 78.9 Å². The first-order valence-electron chi connectivity index (χ1n) is 9.43. The topological polar surface area (TPSA) is 35.6 Å². The van der Waals surface area contributed by atoms with Crippen LogP contribution in [-0.2, 0) is 5.66 Å². The summed E-state index contributed by atoms with van der Waals surface area (Å²) in [5, 5.41) is 4.58. The van der Waals surface area contributed by atoms with E-state index >= 15 is 0 Å². The van der Waals surface area contributed by atoms with Crippen LogP contribution in [-0.4, -0.2) is 33.9 Å². The summed E-state index contributed by atoms with van der Waals surface area (Å²) >= 11 is 12.0. The van der Waals surface area contributed by atoms with Crippen LogP contribution < -0.4 is 5.32 Å². The van der Waals surface area contributed by atoms with Crippen molar-refractivity contribution in [3.8, 4) is 0 Å². The fraction of sp³-hybridized carbons (Fsp3) is 0.130. The summed E-state index contributed by atoms with van der Waals surface area (Å²) in [6.07, 6.45) is 0. The highest BCUT2D eigenvalue weighted by Gasteiger charge is 2.58. The lowest BCUT2D eigenvalue weighted by Crippen LogP contribution is -2.52. The van der Waals surface area contributed by atoms with Gasteiger partial charge in [-0.3, -0.25) is 4.79 Å². The monoisotopic (exact) mass is 419 g/mol. The maximum Gasteiger partial charge on any atom is 0.256 e. The molecule has 0 aliphatic carbocycles. The van der Waals surface area contributed by atoms with Gasteiger partial charge in [0.1, 0.15) is 0 Å². The quantitative estimate of drug-likeness (QED) is 0.610. The highest BCUT2D eigenvalue weighted by atomic mass is 35.5. The third-order valence-electron chi connectivity index (χ3n) is 5.62. The van der Waals surface area contributed by atoms with Crippen LogP contribution >= 0.6 is 23.8 Å². The molecule has 0 unspecified atom stereocenters. The highest BCUT2D eigenvalue weighted by molar-refractivity contribution is 7.80. The number of amides is 1. The first kappa shape index (κ1) is 18.2. The Balaban J connectivity index is 1.67. The van der Waals surface area contributed by atoms with Gasteiger partial charge in [-0.25, -0.2) is 0 Å². The molecule has 1 N–H and O–H groups in total. The molecule has 0 bridgehead atoms. The lowest BCUT2D eigenvalue weighted by atomic mass is 9.90. The Kier molecular flexibility index (Phi) is 4.30. The molecule has 2 heterocycles. The zero-order chi connectivity index (χ0) is 20.0. The van der Waals surface area contributed by atoms with Gasteiger partial charge in [0.05, 0.1) is 0 Å². The summed E-state index contributed by atoms with van der Waals surface area (Å²) in [5.41, 5.74) is 2.77. The van der Waals surface area contributed by atoms with Crippen LogP contribution in [0.5, 0.6) is 0 Å². The number of anilines is 1. The number of hydrogen-bond acceptors (Lipinski definition) is 2. The van der Waals surface area contributed by atoms with Crippen molar-refractivity contribution in [2.45, 2.75) is 5.66 Å². The fourth-order valence-electron chi connectivity index (χ4n) is 4.44. The maximum atomic E-state index is 13.3. The van der Waals surface area contributed by atoms with E-state index < -0.39 is 5.66 Å². The number of fused-ring (bicyclic) bond motifs is 3. The summed E-state index contributed by atoms with van der Waals surface area (Å²) < 4.78 is 0. The summed E-state index contributed by atoms with van der Waals surface area (Å²) in [6, 6.07) is 25.3. The minimum Gasteiger partial charge on any atom is -0.333 e. The molecule has 6 heteroatoms. The fourth-order valence-corrected chi connectivity index (χ4v) is 4.91. The van der Waals surface area contributed by atoms with E-state index in [-0.39, 0.29) is 5.91 Å². The zero-order valence-electron chi connectivity index (χ0n) is 15.5. The Bertz CT molecular complexity index is 1100. The minimum atomic E-state index is -0.781. The van der Waals surface area contributed by atoms with Crippen LogP contribution in [0.25, 0.3) is 0 Å². The molecule has 1 fully saturated rings. The number of hydrogen-bond donors (Lipinski definition) is 1. The molecule has 0 radical (unpaired) electrons. The van der Waals surface area contributed by atoms with E-state index in [1.165, 1.54) is 0 Å². The molecule has 2 aliphatic rings. The van der Waals surface area contributed by atoms with Crippen molar-refractivity contribution in [3.05, 3.63) is 101 Å². The first-order chi connectivity index (χ1) is 14.1. The van der Waals surface area contributed by atoms with Gasteiger partial charge >= 0.3 is 0 Å². The van der Waals surface area contributed by atoms with E-state index in [0.717, 1.165) is 22.4 Å². The first-order valence-corrected chi connectivity index (χ1v) is 10.2. The normalized spacial score (nSPS) is 19.8. The molecule has 1 amide bonds. The molecule has 0 spiro atoms. The summed E-state index contributed by atoms with van der Waals surface area (Å²) in [7, 11) is 0. The number of benzene rings is 3. The largest absolute Gasteiger partial charge is 0.333 e. The van der Waals surface area contributed by atoms with Gasteiger partial charge in [0, 0.05) is 40.5 Å². The molecule has 5 rings (SSSR count). The number of thiocarbonyl (C=S) groups is 1. The van der Waals surface area contributed by atoms with Crippen LogP contribution in [0.4, 0.5) is 5.69 Å². The number of nitrogens with zero attached hydrogens (tertiary/aromatic N) is 2. The molecule has 29 heavy (non-hydrogen) atoms. The van der Waals surface area contributed by atoms with Gasteiger partial charge in [-0.2, -0.15) is 0 Å². The predicted molar refractivity (Wildman–Crippen MR) is 119 cm³/mol. The van der Waals surface area contributed by atoms with Gasteiger partial charge in [0.25, 0.3) is 5.91 Å². The smallest absolute Gasteiger partial charge is 0.256 e. The minimum absolute atomic E-state index is 0.0283. The SMILES string of the molecule is O=C1c2ccccc2[C@@]2(c3ccc(Cl)cc3)N1CCN2C(=S)Nc1ccccc1.